The average molecular weight is 811 g/mol. The van der Waals surface area contributed by atoms with Crippen LogP contribution in [0.25, 0.3) is 15.2 Å². The van der Waals surface area contributed by atoms with Crippen molar-refractivity contribution in [2.45, 2.75) is 76.6 Å². The normalized spacial score (nSPS) is 16.8. The largest absolute Gasteiger partial charge is 0.496 e. The van der Waals surface area contributed by atoms with Gasteiger partial charge in [-0.05, 0) is 73.1 Å². The summed E-state index contributed by atoms with van der Waals surface area (Å²) in [6.45, 7) is 8.02. The van der Waals surface area contributed by atoms with E-state index < -0.39 is 48.0 Å². The number of rotatable bonds is 14. The number of fused-ring (bicyclic) bond motifs is 1. The number of methoxy groups -OCH3 is 1. The number of ether oxygens (including phenoxy) is 2. The Kier molecular flexibility index (Phi) is 11.2. The van der Waals surface area contributed by atoms with E-state index in [2.05, 4.69) is 29.4 Å². The van der Waals surface area contributed by atoms with Gasteiger partial charge in [-0.1, -0.05) is 85.8 Å². The van der Waals surface area contributed by atoms with E-state index in [-0.39, 0.29) is 25.0 Å². The van der Waals surface area contributed by atoms with Gasteiger partial charge in [-0.3, -0.25) is 14.2 Å². The van der Waals surface area contributed by atoms with Gasteiger partial charge in [-0.2, -0.15) is 10.2 Å². The second-order valence-electron chi connectivity index (χ2n) is 15.4. The number of nitrogens with zero attached hydrogens (tertiary/aromatic N) is 5. The van der Waals surface area contributed by atoms with Crippen molar-refractivity contribution in [1.29, 1.82) is 0 Å². The molecule has 1 fully saturated rings. The Bertz CT molecular complexity index is 2470. The number of amides is 1. The van der Waals surface area contributed by atoms with E-state index >= 15 is 4.39 Å². The summed E-state index contributed by atoms with van der Waals surface area (Å²) in [6.07, 6.45) is 4.06. The van der Waals surface area contributed by atoms with Crippen LogP contribution in [0.1, 0.15) is 63.7 Å². The molecule has 3 aromatic heterocycles. The summed E-state index contributed by atoms with van der Waals surface area (Å²) in [5.74, 6) is -0.579. The van der Waals surface area contributed by atoms with Gasteiger partial charge in [-0.25, -0.2) is 13.8 Å². The van der Waals surface area contributed by atoms with E-state index in [1.165, 1.54) is 58.4 Å². The zero-order chi connectivity index (χ0) is 40.5. The number of carbonyl (C=O) groups is 1. The van der Waals surface area contributed by atoms with E-state index in [4.69, 9.17) is 9.47 Å². The Labute approximate surface area is 334 Å². The molecule has 0 radical (unpaired) electrons. The van der Waals surface area contributed by atoms with E-state index in [1.54, 1.807) is 13.8 Å². The van der Waals surface area contributed by atoms with Crippen molar-refractivity contribution in [3.05, 3.63) is 129 Å². The Morgan fingerprint density at radius 2 is 1.67 bits per heavy atom. The molecule has 3 aromatic carbocycles. The van der Waals surface area contributed by atoms with Crippen LogP contribution in [0, 0.1) is 12.7 Å². The number of aromatic nitrogens is 5. The van der Waals surface area contributed by atoms with Crippen LogP contribution < -0.4 is 31.7 Å². The molecule has 15 heteroatoms. The quantitative estimate of drug-likeness (QED) is 0.116. The molecule has 1 saturated heterocycles. The molecule has 0 spiro atoms. The van der Waals surface area contributed by atoms with Gasteiger partial charge in [0.15, 0.2) is 0 Å². The van der Waals surface area contributed by atoms with Gasteiger partial charge in [0.25, 0.3) is 13.9 Å². The molecular weight excluding hydrogens is 764 g/mol. The number of aryl methyl sites for hydroxylation is 1. The molecule has 1 aliphatic rings. The first kappa shape index (κ1) is 40.0. The van der Waals surface area contributed by atoms with Crippen LogP contribution in [0.4, 0.5) is 4.39 Å². The summed E-state index contributed by atoms with van der Waals surface area (Å²) in [4.78, 5) is 57.2. The highest BCUT2D eigenvalue weighted by Gasteiger charge is 2.49. The Morgan fingerprint density at radius 3 is 2.28 bits per heavy atom. The second kappa shape index (κ2) is 16.0. The lowest BCUT2D eigenvalue weighted by Gasteiger charge is -2.41. The number of nitrogens with one attached hydrogen (secondary N) is 1. The zero-order valence-electron chi connectivity index (χ0n) is 32.7. The van der Waals surface area contributed by atoms with Crippen molar-refractivity contribution in [3.8, 4) is 10.8 Å². The van der Waals surface area contributed by atoms with Gasteiger partial charge < -0.3 is 19.6 Å². The smallest absolute Gasteiger partial charge is 0.333 e. The molecule has 4 heterocycles. The molecule has 7 rings (SSSR count). The van der Waals surface area contributed by atoms with E-state index in [0.29, 0.717) is 52.5 Å². The third-order valence-corrected chi connectivity index (χ3v) is 17.2. The minimum Gasteiger partial charge on any atom is -0.496 e. The molecule has 0 unspecified atom stereocenters. The van der Waals surface area contributed by atoms with Crippen molar-refractivity contribution in [2.75, 3.05) is 20.3 Å². The number of piperidine rings is 1. The molecule has 6 aromatic rings. The second-order valence-corrected chi connectivity index (χ2v) is 20.3. The topological polar surface area (TPSA) is 142 Å². The summed E-state index contributed by atoms with van der Waals surface area (Å²) in [7, 11) is -1.82. The van der Waals surface area contributed by atoms with Crippen LogP contribution in [0.5, 0.6) is 5.75 Å². The number of halogens is 1. The van der Waals surface area contributed by atoms with Crippen LogP contribution in [-0.2, 0) is 21.6 Å². The van der Waals surface area contributed by atoms with Crippen molar-refractivity contribution < 1.29 is 23.5 Å². The van der Waals surface area contributed by atoms with Crippen molar-refractivity contribution in [2.24, 2.45) is 0 Å². The standard InChI is InChI=1S/C42H47FN6O6SSi/c1-28-35-36(50)48(42(4)21-12-22-44-39(42)51)40(52)47(38(35)56-37(28)49-45-23-24-46-49)27-34(32-26-29(43)18-19-33(32)54-5)55-25-13-20-41(2,3)57(53,30-14-8-6-9-15-30)31-16-10-7-11-17-31/h6-11,14-19,23-24,26,34,53H,12-13,20-22,25,27H2,1-5H3,(H,44,51)/t34-,42-/m0/s1. The molecule has 1 aliphatic heterocycles. The van der Waals surface area contributed by atoms with Gasteiger partial charge in [0, 0.05) is 24.3 Å². The Hall–Kier alpha value is -5.22. The molecular formula is C42H47FN6O6SSi. The molecule has 2 atom stereocenters. The first-order chi connectivity index (χ1) is 27.3. The fourth-order valence-corrected chi connectivity index (χ4v) is 13.2. The summed E-state index contributed by atoms with van der Waals surface area (Å²) in [6, 6.07) is 23.7. The average Bonchev–Trinajstić information content (AvgIpc) is 3.87. The maximum atomic E-state index is 15.1. The highest BCUT2D eigenvalue weighted by atomic mass is 32.1. The van der Waals surface area contributed by atoms with Crippen LogP contribution in [0.2, 0.25) is 5.04 Å². The van der Waals surface area contributed by atoms with E-state index in [9.17, 15) is 19.2 Å². The number of carbonyl (C=O) groups excluding carboxylic acids is 1. The summed E-state index contributed by atoms with van der Waals surface area (Å²) in [5, 5.41) is 13.5. The Balaban J connectivity index is 1.29. The lowest BCUT2D eigenvalue weighted by molar-refractivity contribution is -0.131. The SMILES string of the molecule is COc1ccc(F)cc1[C@H](Cn1c(=O)n([C@@]2(C)CCCNC2=O)c(=O)c2c(C)c(-n3nccn3)sc21)OCCCC(C)(C)[Si](O)(c1ccccc1)c1ccccc1. The summed E-state index contributed by atoms with van der Waals surface area (Å²) >= 11 is 1.18. The predicted molar refractivity (Wildman–Crippen MR) is 221 cm³/mol. The van der Waals surface area contributed by atoms with Gasteiger partial charge in [0.1, 0.15) is 33.0 Å². The van der Waals surface area contributed by atoms with Crippen LogP contribution in [0.15, 0.2) is 101 Å². The molecule has 0 bridgehead atoms. The zero-order valence-corrected chi connectivity index (χ0v) is 34.5. The lowest BCUT2D eigenvalue weighted by atomic mass is 9.91. The third-order valence-electron chi connectivity index (χ3n) is 11.4. The van der Waals surface area contributed by atoms with Crippen LogP contribution >= 0.6 is 11.3 Å². The van der Waals surface area contributed by atoms with Crippen LogP contribution in [0.3, 0.4) is 0 Å². The van der Waals surface area contributed by atoms with Crippen molar-refractivity contribution in [3.63, 3.8) is 0 Å². The summed E-state index contributed by atoms with van der Waals surface area (Å²) in [5.41, 5.74) is -1.82. The molecule has 2 N–H and O–H groups in total. The summed E-state index contributed by atoms with van der Waals surface area (Å²) < 4.78 is 29.9. The maximum absolute atomic E-state index is 15.1. The van der Waals surface area contributed by atoms with E-state index in [0.717, 1.165) is 14.9 Å². The number of thiophene rings is 1. The maximum Gasteiger partial charge on any atom is 0.333 e. The van der Waals surface area contributed by atoms with E-state index in [1.807, 2.05) is 60.7 Å². The van der Waals surface area contributed by atoms with Crippen molar-refractivity contribution >= 4 is 46.2 Å². The van der Waals surface area contributed by atoms with Gasteiger partial charge >= 0.3 is 5.69 Å². The van der Waals surface area contributed by atoms with Crippen molar-refractivity contribution in [1.82, 2.24) is 29.4 Å². The highest BCUT2D eigenvalue weighted by Crippen LogP contribution is 2.41. The third kappa shape index (κ3) is 7.17. The van der Waals surface area contributed by atoms with Gasteiger partial charge in [0.05, 0.1) is 31.4 Å². The fourth-order valence-electron chi connectivity index (χ4n) is 8.19. The molecule has 12 nitrogen and oxygen atoms in total. The number of hydrogen-bond acceptors (Lipinski definition) is 9. The molecule has 57 heavy (non-hydrogen) atoms. The minimum absolute atomic E-state index is 0.144. The fraction of sp³-hybridized carbons (Fsp3) is 0.357. The highest BCUT2D eigenvalue weighted by molar-refractivity contribution is 7.21. The van der Waals surface area contributed by atoms with Crippen LogP contribution in [-0.4, -0.2) is 63.4 Å². The minimum atomic E-state index is -3.31. The predicted octanol–water partition coefficient (Wildman–Crippen LogP) is 4.96. The first-order valence-electron chi connectivity index (χ1n) is 19.0. The number of hydrogen-bond donors (Lipinski definition) is 2. The monoisotopic (exact) mass is 810 g/mol. The molecule has 298 valence electrons. The van der Waals surface area contributed by atoms with Gasteiger partial charge in [-0.15, -0.1) is 4.80 Å². The molecule has 0 aliphatic carbocycles. The number of benzene rings is 3. The molecule has 1 amide bonds. The first-order valence-corrected chi connectivity index (χ1v) is 21.8. The van der Waals surface area contributed by atoms with Gasteiger partial charge in [0.2, 0.25) is 5.91 Å². The lowest BCUT2D eigenvalue weighted by Crippen LogP contribution is -2.65. The Morgan fingerprint density at radius 1 is 1.02 bits per heavy atom. The molecule has 0 saturated carbocycles.